The predicted octanol–water partition coefficient (Wildman–Crippen LogP) is 3.09. The molecular weight excluding hydrogens is 352 g/mol. The molecule has 1 atom stereocenters. The van der Waals surface area contributed by atoms with Crippen LogP contribution in [0.1, 0.15) is 23.6 Å². The summed E-state index contributed by atoms with van der Waals surface area (Å²) in [5, 5.41) is 15.5. The van der Waals surface area contributed by atoms with Gasteiger partial charge in [0.05, 0.1) is 11.4 Å². The van der Waals surface area contributed by atoms with Crippen molar-refractivity contribution in [1.82, 2.24) is 19.7 Å². The highest BCUT2D eigenvalue weighted by molar-refractivity contribution is 5.98. The van der Waals surface area contributed by atoms with Gasteiger partial charge in [-0.05, 0) is 42.5 Å². The van der Waals surface area contributed by atoms with Crippen LogP contribution >= 0.6 is 0 Å². The number of phenols is 1. The van der Waals surface area contributed by atoms with Crippen molar-refractivity contribution < 1.29 is 5.11 Å². The first-order chi connectivity index (χ1) is 13.6. The number of aromatic hydroxyl groups is 1. The van der Waals surface area contributed by atoms with Gasteiger partial charge in [-0.25, -0.2) is 14.6 Å². The zero-order valence-electron chi connectivity index (χ0n) is 15.2. The summed E-state index contributed by atoms with van der Waals surface area (Å²) in [5.41, 5.74) is 17.3. The monoisotopic (exact) mass is 372 g/mol. The standard InChI is InChI=1S/C21H20N6O/c22-15-7-14(9-17(28)10-15)19-18-20(23)24-11-25-21(18)27(26-19)16-6-5-12-3-1-2-4-13(12)8-16/h1-4,7,9-11,16,28H,5-6,8,22H2,(H2,23,24,25). The highest BCUT2D eigenvalue weighted by Gasteiger charge is 2.25. The van der Waals surface area contributed by atoms with E-state index in [0.717, 1.165) is 19.3 Å². The number of nitrogen functional groups attached to an aromatic ring is 2. The average Bonchev–Trinajstić information content (AvgIpc) is 3.08. The van der Waals surface area contributed by atoms with Crippen LogP contribution in [-0.2, 0) is 12.8 Å². The third-order valence-electron chi connectivity index (χ3n) is 5.40. The molecular formula is C21H20N6O. The van der Waals surface area contributed by atoms with Crippen molar-refractivity contribution in [3.05, 3.63) is 59.9 Å². The SMILES string of the molecule is Nc1cc(O)cc(-c2nn(C3CCc4ccccc4C3)c3ncnc(N)c23)c1. The maximum Gasteiger partial charge on any atom is 0.164 e. The zero-order valence-corrected chi connectivity index (χ0v) is 15.2. The zero-order chi connectivity index (χ0) is 19.3. The molecule has 5 N–H and O–H groups in total. The fourth-order valence-corrected chi connectivity index (χ4v) is 4.11. The maximum atomic E-state index is 9.98. The number of rotatable bonds is 2. The van der Waals surface area contributed by atoms with Gasteiger partial charge >= 0.3 is 0 Å². The number of aryl methyl sites for hydroxylation is 1. The predicted molar refractivity (Wildman–Crippen MR) is 109 cm³/mol. The summed E-state index contributed by atoms with van der Waals surface area (Å²) in [6.45, 7) is 0. The lowest BCUT2D eigenvalue weighted by Gasteiger charge is -2.25. The highest BCUT2D eigenvalue weighted by atomic mass is 16.3. The molecule has 2 heterocycles. The van der Waals surface area contributed by atoms with Gasteiger partial charge in [0.1, 0.15) is 23.6 Å². The Morgan fingerprint density at radius 3 is 2.68 bits per heavy atom. The van der Waals surface area contributed by atoms with Crippen LogP contribution < -0.4 is 11.5 Å². The van der Waals surface area contributed by atoms with Crippen molar-refractivity contribution in [2.45, 2.75) is 25.3 Å². The van der Waals surface area contributed by atoms with E-state index < -0.39 is 0 Å². The van der Waals surface area contributed by atoms with Crippen LogP contribution in [0.3, 0.4) is 0 Å². The lowest BCUT2D eigenvalue weighted by atomic mass is 9.88. The van der Waals surface area contributed by atoms with E-state index in [4.69, 9.17) is 16.6 Å². The number of benzene rings is 2. The Morgan fingerprint density at radius 1 is 1.04 bits per heavy atom. The molecule has 1 aliphatic rings. The van der Waals surface area contributed by atoms with Crippen LogP contribution in [0.25, 0.3) is 22.3 Å². The molecule has 0 fully saturated rings. The Labute approximate surface area is 161 Å². The van der Waals surface area contributed by atoms with Gasteiger partial charge in [0.2, 0.25) is 0 Å². The van der Waals surface area contributed by atoms with E-state index in [1.165, 1.54) is 23.5 Å². The Bertz CT molecular complexity index is 1180. The molecule has 0 amide bonds. The van der Waals surface area contributed by atoms with Crippen molar-refractivity contribution in [2.75, 3.05) is 11.5 Å². The lowest BCUT2D eigenvalue weighted by molar-refractivity contribution is 0.415. The Morgan fingerprint density at radius 2 is 1.86 bits per heavy atom. The van der Waals surface area contributed by atoms with Crippen LogP contribution in [0, 0.1) is 0 Å². The number of nitrogens with two attached hydrogens (primary N) is 2. The van der Waals surface area contributed by atoms with E-state index in [-0.39, 0.29) is 11.8 Å². The van der Waals surface area contributed by atoms with Crippen LogP contribution in [-0.4, -0.2) is 24.9 Å². The summed E-state index contributed by atoms with van der Waals surface area (Å²) in [6.07, 6.45) is 4.32. The van der Waals surface area contributed by atoms with E-state index in [1.54, 1.807) is 12.1 Å². The van der Waals surface area contributed by atoms with Crippen molar-refractivity contribution in [2.24, 2.45) is 0 Å². The Hall–Kier alpha value is -3.61. The van der Waals surface area contributed by atoms with E-state index in [0.29, 0.717) is 33.8 Å². The molecule has 0 spiro atoms. The van der Waals surface area contributed by atoms with Crippen LogP contribution in [0.4, 0.5) is 11.5 Å². The maximum absolute atomic E-state index is 9.98. The highest BCUT2D eigenvalue weighted by Crippen LogP contribution is 2.37. The number of phenolic OH excluding ortho intramolecular Hbond substituents is 1. The minimum Gasteiger partial charge on any atom is -0.508 e. The molecule has 140 valence electrons. The molecule has 28 heavy (non-hydrogen) atoms. The Balaban J connectivity index is 1.68. The second-order valence-electron chi connectivity index (χ2n) is 7.23. The van der Waals surface area contributed by atoms with Gasteiger partial charge in [-0.3, -0.25) is 0 Å². The van der Waals surface area contributed by atoms with Gasteiger partial charge in [-0.1, -0.05) is 24.3 Å². The van der Waals surface area contributed by atoms with E-state index >= 15 is 0 Å². The second kappa shape index (κ2) is 6.23. The molecule has 5 rings (SSSR count). The molecule has 4 aromatic rings. The third-order valence-corrected chi connectivity index (χ3v) is 5.40. The average molecular weight is 372 g/mol. The van der Waals surface area contributed by atoms with Gasteiger partial charge in [0, 0.05) is 17.3 Å². The molecule has 7 nitrogen and oxygen atoms in total. The molecule has 0 aliphatic heterocycles. The summed E-state index contributed by atoms with van der Waals surface area (Å²) in [7, 11) is 0. The molecule has 0 saturated carbocycles. The first-order valence-corrected chi connectivity index (χ1v) is 9.25. The number of nitrogens with zero attached hydrogens (tertiary/aromatic N) is 4. The summed E-state index contributed by atoms with van der Waals surface area (Å²) in [6, 6.07) is 13.6. The van der Waals surface area contributed by atoms with Gasteiger partial charge in [0.15, 0.2) is 5.65 Å². The van der Waals surface area contributed by atoms with Crippen molar-refractivity contribution in [3.8, 4) is 17.0 Å². The quantitative estimate of drug-likeness (QED) is 0.466. The fraction of sp³-hybridized carbons (Fsp3) is 0.190. The van der Waals surface area contributed by atoms with Crippen molar-refractivity contribution >= 4 is 22.5 Å². The first kappa shape index (κ1) is 16.6. The molecule has 0 bridgehead atoms. The van der Waals surface area contributed by atoms with E-state index in [1.807, 2.05) is 4.68 Å². The summed E-state index contributed by atoms with van der Waals surface area (Å²) in [4.78, 5) is 8.63. The lowest BCUT2D eigenvalue weighted by Crippen LogP contribution is -2.20. The summed E-state index contributed by atoms with van der Waals surface area (Å²) < 4.78 is 1.96. The minimum absolute atomic E-state index is 0.0831. The van der Waals surface area contributed by atoms with Gasteiger partial charge in [-0.15, -0.1) is 0 Å². The number of anilines is 2. The largest absolute Gasteiger partial charge is 0.508 e. The van der Waals surface area contributed by atoms with E-state index in [9.17, 15) is 5.11 Å². The topological polar surface area (TPSA) is 116 Å². The molecule has 0 radical (unpaired) electrons. The molecule has 7 heteroatoms. The molecule has 1 aliphatic carbocycles. The van der Waals surface area contributed by atoms with Gasteiger partial charge in [-0.2, -0.15) is 5.10 Å². The van der Waals surface area contributed by atoms with E-state index in [2.05, 4.69) is 34.2 Å². The van der Waals surface area contributed by atoms with Crippen molar-refractivity contribution in [1.29, 1.82) is 0 Å². The number of hydrogen-bond acceptors (Lipinski definition) is 6. The molecule has 0 saturated heterocycles. The molecule has 2 aromatic heterocycles. The fourth-order valence-electron chi connectivity index (χ4n) is 4.11. The van der Waals surface area contributed by atoms with Gasteiger partial charge in [0.25, 0.3) is 0 Å². The first-order valence-electron chi connectivity index (χ1n) is 9.25. The van der Waals surface area contributed by atoms with Gasteiger partial charge < -0.3 is 16.6 Å². The summed E-state index contributed by atoms with van der Waals surface area (Å²) >= 11 is 0. The minimum atomic E-state index is 0.0831. The number of fused-ring (bicyclic) bond motifs is 2. The second-order valence-corrected chi connectivity index (χ2v) is 7.23. The molecule has 1 unspecified atom stereocenters. The molecule has 2 aromatic carbocycles. The number of aromatic nitrogens is 4. The van der Waals surface area contributed by atoms with Crippen molar-refractivity contribution in [3.63, 3.8) is 0 Å². The smallest absolute Gasteiger partial charge is 0.164 e. The Kier molecular flexibility index (Phi) is 3.68. The summed E-state index contributed by atoms with van der Waals surface area (Å²) in [5.74, 6) is 0.448. The normalized spacial score (nSPS) is 16.2. The van der Waals surface area contributed by atoms with Crippen LogP contribution in [0.2, 0.25) is 0 Å². The van der Waals surface area contributed by atoms with Crippen LogP contribution in [0.5, 0.6) is 5.75 Å². The third kappa shape index (κ3) is 2.63. The van der Waals surface area contributed by atoms with Crippen LogP contribution in [0.15, 0.2) is 48.8 Å². The number of hydrogen-bond donors (Lipinski definition) is 3.